The molecule has 2 aromatic rings. The van der Waals surface area contributed by atoms with Crippen LogP contribution in [0.1, 0.15) is 63.1 Å². The van der Waals surface area contributed by atoms with Gasteiger partial charge in [-0.05, 0) is 42.1 Å². The second kappa shape index (κ2) is 7.14. The molecular weight excluding hydrogens is 396 g/mol. The molecule has 1 aromatic carbocycles. The lowest BCUT2D eigenvalue weighted by Crippen LogP contribution is -2.34. The largest absolute Gasteiger partial charge is 0.411 e. The zero-order chi connectivity index (χ0) is 22.6. The van der Waals surface area contributed by atoms with Crippen molar-refractivity contribution in [2.45, 2.75) is 53.4 Å². The maximum absolute atomic E-state index is 11.4. The average Bonchev–Trinajstić information content (AvgIpc) is 2.69. The van der Waals surface area contributed by atoms with Gasteiger partial charge in [-0.15, -0.1) is 0 Å². The monoisotopic (exact) mass is 422 g/mol. The summed E-state index contributed by atoms with van der Waals surface area (Å²) in [5.74, 6) is 0. The topological polar surface area (TPSA) is 121 Å². The molecule has 0 bridgehead atoms. The SMILES string of the molecule is CC1(C)C/C(=N/O)c2c(nc3c(c2-c2cccc([N+](=O)[O-])c2)/C(=N\O)CC(C)(C)C3)C1. The molecule has 0 amide bonds. The Hall–Kier alpha value is -3.29. The highest BCUT2D eigenvalue weighted by atomic mass is 16.6. The minimum absolute atomic E-state index is 0.0333. The number of non-ortho nitro benzene ring substituents is 1. The van der Waals surface area contributed by atoms with Crippen molar-refractivity contribution in [2.75, 3.05) is 0 Å². The molecular formula is C23H26N4O4. The van der Waals surface area contributed by atoms with E-state index in [1.165, 1.54) is 12.1 Å². The minimum atomic E-state index is -0.433. The average molecular weight is 422 g/mol. The van der Waals surface area contributed by atoms with Gasteiger partial charge in [0.2, 0.25) is 0 Å². The second-order valence-electron chi connectivity index (χ2n) is 10.1. The van der Waals surface area contributed by atoms with E-state index in [1.54, 1.807) is 12.1 Å². The molecule has 8 heteroatoms. The standard InChI is InChI=1S/C23H26N4O4/c1-22(2)9-15-20(17(11-22)25-28)19(13-6-5-7-14(8-13)27(30)31)21-16(24-15)10-23(3,4)12-18(21)26-29/h5-8,28-29H,9-12H2,1-4H3/b25-17-,26-18-. The second-order valence-corrected chi connectivity index (χ2v) is 10.1. The van der Waals surface area contributed by atoms with E-state index in [4.69, 9.17) is 4.98 Å². The number of fused-ring (bicyclic) bond motifs is 2. The molecule has 2 aliphatic rings. The maximum Gasteiger partial charge on any atom is 0.270 e. The highest BCUT2D eigenvalue weighted by molar-refractivity contribution is 6.15. The van der Waals surface area contributed by atoms with Crippen molar-refractivity contribution < 1.29 is 15.3 Å². The summed E-state index contributed by atoms with van der Waals surface area (Å²) in [5.41, 5.74) is 4.94. The van der Waals surface area contributed by atoms with E-state index in [9.17, 15) is 20.5 Å². The zero-order valence-electron chi connectivity index (χ0n) is 18.1. The predicted molar refractivity (Wildman–Crippen MR) is 117 cm³/mol. The van der Waals surface area contributed by atoms with Crippen LogP contribution in [0.15, 0.2) is 34.6 Å². The molecule has 0 fully saturated rings. The number of nitrogens with zero attached hydrogens (tertiary/aromatic N) is 4. The van der Waals surface area contributed by atoms with Crippen LogP contribution < -0.4 is 0 Å². The van der Waals surface area contributed by atoms with E-state index in [2.05, 4.69) is 38.0 Å². The van der Waals surface area contributed by atoms with E-state index in [-0.39, 0.29) is 16.5 Å². The first-order valence-electron chi connectivity index (χ1n) is 10.3. The maximum atomic E-state index is 11.4. The number of nitro benzene ring substituents is 1. The number of nitro groups is 1. The van der Waals surface area contributed by atoms with Crippen LogP contribution in [0.3, 0.4) is 0 Å². The Bertz CT molecular complexity index is 1090. The van der Waals surface area contributed by atoms with Gasteiger partial charge in [0.15, 0.2) is 0 Å². The first-order valence-corrected chi connectivity index (χ1v) is 10.3. The molecule has 0 aliphatic heterocycles. The van der Waals surface area contributed by atoms with Gasteiger partial charge in [0, 0.05) is 28.8 Å². The lowest BCUT2D eigenvalue weighted by Gasteiger charge is -2.37. The van der Waals surface area contributed by atoms with E-state index < -0.39 is 4.92 Å². The van der Waals surface area contributed by atoms with Crippen LogP contribution >= 0.6 is 0 Å². The van der Waals surface area contributed by atoms with Gasteiger partial charge in [0.05, 0.1) is 27.7 Å². The fourth-order valence-electron chi connectivity index (χ4n) is 4.92. The Labute approximate surface area is 180 Å². The van der Waals surface area contributed by atoms with Gasteiger partial charge in [0.25, 0.3) is 5.69 Å². The van der Waals surface area contributed by atoms with E-state index in [0.717, 1.165) is 11.4 Å². The molecule has 1 aromatic heterocycles. The molecule has 2 N–H and O–H groups in total. The van der Waals surface area contributed by atoms with E-state index in [1.807, 2.05) is 0 Å². The Morgan fingerprint density at radius 2 is 1.42 bits per heavy atom. The summed E-state index contributed by atoms with van der Waals surface area (Å²) in [7, 11) is 0. The molecule has 0 radical (unpaired) electrons. The number of hydrogen-bond donors (Lipinski definition) is 2. The first-order chi connectivity index (χ1) is 14.5. The Morgan fingerprint density at radius 3 is 1.87 bits per heavy atom. The fraction of sp³-hybridized carbons (Fsp3) is 0.435. The highest BCUT2D eigenvalue weighted by Gasteiger charge is 2.39. The summed E-state index contributed by atoms with van der Waals surface area (Å²) < 4.78 is 0. The number of aromatic nitrogens is 1. The van der Waals surface area contributed by atoms with Gasteiger partial charge in [-0.1, -0.05) is 50.1 Å². The molecule has 2 aliphatic carbocycles. The third kappa shape index (κ3) is 3.66. The van der Waals surface area contributed by atoms with Gasteiger partial charge in [-0.2, -0.15) is 0 Å². The lowest BCUT2D eigenvalue weighted by atomic mass is 9.69. The van der Waals surface area contributed by atoms with Crippen molar-refractivity contribution in [1.29, 1.82) is 0 Å². The quantitative estimate of drug-likeness (QED) is 0.402. The van der Waals surface area contributed by atoms with Gasteiger partial charge in [0.1, 0.15) is 0 Å². The molecule has 0 atom stereocenters. The van der Waals surface area contributed by atoms with Crippen LogP contribution in [-0.2, 0) is 12.8 Å². The van der Waals surface area contributed by atoms with Crippen LogP contribution in [0.2, 0.25) is 0 Å². The number of rotatable bonds is 2. The summed E-state index contributed by atoms with van der Waals surface area (Å²) in [6, 6.07) is 6.39. The predicted octanol–water partition coefficient (Wildman–Crippen LogP) is 4.96. The summed E-state index contributed by atoms with van der Waals surface area (Å²) in [5, 5.41) is 38.4. The van der Waals surface area contributed by atoms with Crippen LogP contribution in [-0.4, -0.2) is 31.7 Å². The Balaban J connectivity index is 2.12. The van der Waals surface area contributed by atoms with Gasteiger partial charge >= 0.3 is 0 Å². The van der Waals surface area contributed by atoms with Crippen molar-refractivity contribution in [3.05, 3.63) is 56.9 Å². The smallest absolute Gasteiger partial charge is 0.270 e. The van der Waals surface area contributed by atoms with Gasteiger partial charge < -0.3 is 10.4 Å². The van der Waals surface area contributed by atoms with Crippen molar-refractivity contribution in [2.24, 2.45) is 21.1 Å². The first kappa shape index (κ1) is 21.0. The van der Waals surface area contributed by atoms with E-state index >= 15 is 0 Å². The zero-order valence-corrected chi connectivity index (χ0v) is 18.1. The molecule has 0 saturated heterocycles. The molecule has 0 unspecified atom stereocenters. The third-order valence-electron chi connectivity index (χ3n) is 6.10. The highest BCUT2D eigenvalue weighted by Crippen LogP contribution is 2.45. The Kier molecular flexibility index (Phi) is 4.83. The molecule has 4 rings (SSSR count). The van der Waals surface area contributed by atoms with Crippen molar-refractivity contribution in [3.8, 4) is 11.1 Å². The van der Waals surface area contributed by atoms with Crippen LogP contribution in [0.5, 0.6) is 0 Å². The number of hydrogen-bond acceptors (Lipinski definition) is 7. The van der Waals surface area contributed by atoms with Gasteiger partial charge in [-0.25, -0.2) is 0 Å². The normalized spacial score (nSPS) is 21.5. The van der Waals surface area contributed by atoms with Crippen molar-refractivity contribution in [3.63, 3.8) is 0 Å². The molecule has 0 spiro atoms. The van der Waals surface area contributed by atoms with Crippen LogP contribution in [0.25, 0.3) is 11.1 Å². The number of benzene rings is 1. The summed E-state index contributed by atoms with van der Waals surface area (Å²) >= 11 is 0. The molecule has 31 heavy (non-hydrogen) atoms. The van der Waals surface area contributed by atoms with Crippen molar-refractivity contribution >= 4 is 17.1 Å². The number of pyridine rings is 1. The molecule has 162 valence electrons. The summed E-state index contributed by atoms with van der Waals surface area (Å²) in [6.45, 7) is 8.39. The summed E-state index contributed by atoms with van der Waals surface area (Å²) in [6.07, 6.45) is 2.44. The third-order valence-corrected chi connectivity index (χ3v) is 6.10. The Morgan fingerprint density at radius 1 is 0.903 bits per heavy atom. The van der Waals surface area contributed by atoms with E-state index in [0.29, 0.717) is 59.4 Å². The number of oxime groups is 2. The molecule has 1 heterocycles. The lowest BCUT2D eigenvalue weighted by molar-refractivity contribution is -0.384. The van der Waals surface area contributed by atoms with Gasteiger partial charge in [-0.3, -0.25) is 15.1 Å². The molecule has 8 nitrogen and oxygen atoms in total. The minimum Gasteiger partial charge on any atom is -0.411 e. The molecule has 0 saturated carbocycles. The van der Waals surface area contributed by atoms with Crippen molar-refractivity contribution in [1.82, 2.24) is 4.98 Å². The summed E-state index contributed by atoms with van der Waals surface area (Å²) in [4.78, 5) is 16.0. The fourth-order valence-corrected chi connectivity index (χ4v) is 4.92. The van der Waals surface area contributed by atoms with Crippen LogP contribution in [0.4, 0.5) is 5.69 Å². The van der Waals surface area contributed by atoms with Crippen LogP contribution in [0, 0.1) is 20.9 Å².